The van der Waals surface area contributed by atoms with Crippen molar-refractivity contribution in [2.24, 2.45) is 0 Å². The Morgan fingerprint density at radius 1 is 1.08 bits per heavy atom. The number of halogens is 1. The molecule has 6 nitrogen and oxygen atoms in total. The zero-order chi connectivity index (χ0) is 16.7. The fraction of sp³-hybridized carbons (Fsp3) is 0.118. The van der Waals surface area contributed by atoms with Crippen LogP contribution in [0, 0.1) is 6.92 Å². The number of imidazole rings is 1. The Morgan fingerprint density at radius 3 is 2.71 bits per heavy atom. The summed E-state index contributed by atoms with van der Waals surface area (Å²) in [4.78, 5) is 4.50. The minimum Gasteiger partial charge on any atom is -0.496 e. The maximum absolute atomic E-state index is 6.10. The molecule has 7 heteroatoms. The van der Waals surface area contributed by atoms with E-state index in [0.717, 1.165) is 22.6 Å². The van der Waals surface area contributed by atoms with E-state index in [-0.39, 0.29) is 0 Å². The van der Waals surface area contributed by atoms with Gasteiger partial charge < -0.3 is 9.15 Å². The van der Waals surface area contributed by atoms with Crippen molar-refractivity contribution in [1.82, 2.24) is 19.6 Å². The first-order valence-electron chi connectivity index (χ1n) is 7.29. The number of benzene rings is 1. The first-order valence-corrected chi connectivity index (χ1v) is 7.66. The van der Waals surface area contributed by atoms with E-state index in [2.05, 4.69) is 15.2 Å². The molecule has 4 aromatic rings. The Morgan fingerprint density at radius 2 is 1.88 bits per heavy atom. The molecular formula is C17H13ClN4O2. The summed E-state index contributed by atoms with van der Waals surface area (Å²) in [6.45, 7) is 1.89. The normalized spacial score (nSPS) is 11.1. The number of aryl methyl sites for hydroxylation is 1. The second kappa shape index (κ2) is 5.65. The third-order valence-corrected chi connectivity index (χ3v) is 3.95. The van der Waals surface area contributed by atoms with Gasteiger partial charge in [-0.1, -0.05) is 23.7 Å². The number of hydrogen-bond donors (Lipinski definition) is 0. The van der Waals surface area contributed by atoms with Gasteiger partial charge in [0.1, 0.15) is 17.1 Å². The van der Waals surface area contributed by atoms with Crippen LogP contribution in [-0.4, -0.2) is 26.7 Å². The highest BCUT2D eigenvalue weighted by molar-refractivity contribution is 6.30. The molecule has 0 amide bonds. The second-order valence-corrected chi connectivity index (χ2v) is 5.67. The lowest BCUT2D eigenvalue weighted by Crippen LogP contribution is -1.89. The Kier molecular flexibility index (Phi) is 3.46. The molecule has 0 aliphatic carbocycles. The largest absolute Gasteiger partial charge is 0.496 e. The molecule has 120 valence electrons. The Bertz CT molecular complexity index is 1040. The van der Waals surface area contributed by atoms with Crippen LogP contribution in [0.5, 0.6) is 5.75 Å². The fourth-order valence-electron chi connectivity index (χ4n) is 2.64. The summed E-state index contributed by atoms with van der Waals surface area (Å²) in [5, 5.41) is 8.93. The number of pyridine rings is 1. The Labute approximate surface area is 142 Å². The van der Waals surface area contributed by atoms with Gasteiger partial charge in [0.2, 0.25) is 0 Å². The molecule has 0 bridgehead atoms. The van der Waals surface area contributed by atoms with Gasteiger partial charge in [0.15, 0.2) is 0 Å². The van der Waals surface area contributed by atoms with Crippen LogP contribution in [0.1, 0.15) is 5.69 Å². The number of ether oxygens (including phenoxy) is 1. The number of para-hydroxylation sites is 1. The summed E-state index contributed by atoms with van der Waals surface area (Å²) >= 11 is 6.10. The number of aromatic nitrogens is 4. The lowest BCUT2D eigenvalue weighted by molar-refractivity contribution is 0.414. The highest BCUT2D eigenvalue weighted by atomic mass is 35.5. The second-order valence-electron chi connectivity index (χ2n) is 5.23. The standard InChI is InChI=1S/C17H13ClN4O2/c1-10-15(22-9-11(18)7-8-14(22)19-10)17-21-20-16(24-17)12-5-3-4-6-13(12)23-2/h3-9H,1-2H3. The van der Waals surface area contributed by atoms with E-state index < -0.39 is 0 Å². The summed E-state index contributed by atoms with van der Waals surface area (Å²) in [7, 11) is 1.60. The molecule has 0 spiro atoms. The maximum Gasteiger partial charge on any atom is 0.266 e. The first-order chi connectivity index (χ1) is 11.7. The lowest BCUT2D eigenvalue weighted by atomic mass is 10.2. The maximum atomic E-state index is 6.10. The lowest BCUT2D eigenvalue weighted by Gasteiger charge is -2.03. The van der Waals surface area contributed by atoms with Crippen molar-refractivity contribution in [3.05, 3.63) is 53.3 Å². The zero-order valence-corrected chi connectivity index (χ0v) is 13.8. The molecule has 0 atom stereocenters. The van der Waals surface area contributed by atoms with Gasteiger partial charge in [-0.05, 0) is 31.2 Å². The van der Waals surface area contributed by atoms with E-state index >= 15 is 0 Å². The number of hydrogen-bond acceptors (Lipinski definition) is 5. The van der Waals surface area contributed by atoms with Crippen molar-refractivity contribution in [1.29, 1.82) is 0 Å². The van der Waals surface area contributed by atoms with E-state index in [1.807, 2.05) is 41.7 Å². The van der Waals surface area contributed by atoms with E-state index in [1.54, 1.807) is 19.4 Å². The van der Waals surface area contributed by atoms with Gasteiger partial charge in [0.05, 0.1) is 23.4 Å². The molecular weight excluding hydrogens is 328 g/mol. The van der Waals surface area contributed by atoms with Crippen molar-refractivity contribution in [2.75, 3.05) is 7.11 Å². The molecule has 0 aliphatic heterocycles. The predicted molar refractivity (Wildman–Crippen MR) is 90.2 cm³/mol. The minimum absolute atomic E-state index is 0.378. The predicted octanol–water partition coefficient (Wildman–Crippen LogP) is 4.02. The molecule has 24 heavy (non-hydrogen) atoms. The Balaban J connectivity index is 1.87. The molecule has 0 fully saturated rings. The molecule has 3 aromatic heterocycles. The first kappa shape index (κ1) is 14.7. The highest BCUT2D eigenvalue weighted by Crippen LogP contribution is 2.32. The summed E-state index contributed by atoms with van der Waals surface area (Å²) in [5.74, 6) is 1.44. The summed E-state index contributed by atoms with van der Waals surface area (Å²) in [6, 6.07) is 11.1. The monoisotopic (exact) mass is 340 g/mol. The van der Waals surface area contributed by atoms with Gasteiger partial charge in [-0.25, -0.2) is 4.98 Å². The molecule has 0 N–H and O–H groups in total. The molecule has 0 saturated heterocycles. The van der Waals surface area contributed by atoms with Gasteiger partial charge in [0, 0.05) is 6.20 Å². The van der Waals surface area contributed by atoms with E-state index in [1.165, 1.54) is 0 Å². The fourth-order valence-corrected chi connectivity index (χ4v) is 2.80. The van der Waals surface area contributed by atoms with Crippen molar-refractivity contribution in [3.63, 3.8) is 0 Å². The van der Waals surface area contributed by atoms with E-state index in [0.29, 0.717) is 22.6 Å². The highest BCUT2D eigenvalue weighted by Gasteiger charge is 2.19. The quantitative estimate of drug-likeness (QED) is 0.563. The minimum atomic E-state index is 0.378. The third-order valence-electron chi connectivity index (χ3n) is 3.72. The van der Waals surface area contributed by atoms with Crippen molar-refractivity contribution >= 4 is 17.2 Å². The smallest absolute Gasteiger partial charge is 0.266 e. The molecule has 0 aliphatic rings. The van der Waals surface area contributed by atoms with Crippen molar-refractivity contribution < 1.29 is 9.15 Å². The van der Waals surface area contributed by atoms with Gasteiger partial charge in [-0.2, -0.15) is 0 Å². The summed E-state index contributed by atoms with van der Waals surface area (Å²) < 4.78 is 13.1. The van der Waals surface area contributed by atoms with Crippen LogP contribution in [0.25, 0.3) is 28.7 Å². The van der Waals surface area contributed by atoms with Gasteiger partial charge in [-0.15, -0.1) is 10.2 Å². The van der Waals surface area contributed by atoms with Gasteiger partial charge in [-0.3, -0.25) is 4.40 Å². The van der Waals surface area contributed by atoms with Crippen molar-refractivity contribution in [3.8, 4) is 28.8 Å². The van der Waals surface area contributed by atoms with Crippen LogP contribution in [0.2, 0.25) is 5.02 Å². The molecule has 1 aromatic carbocycles. The van der Waals surface area contributed by atoms with E-state index in [4.69, 9.17) is 20.8 Å². The third kappa shape index (κ3) is 2.32. The van der Waals surface area contributed by atoms with Gasteiger partial charge in [0.25, 0.3) is 11.8 Å². The average Bonchev–Trinajstić information content (AvgIpc) is 3.18. The van der Waals surface area contributed by atoms with Crippen LogP contribution >= 0.6 is 11.6 Å². The summed E-state index contributed by atoms with van der Waals surface area (Å²) in [5.41, 5.74) is 3.01. The molecule has 4 rings (SSSR count). The number of fused-ring (bicyclic) bond motifs is 1. The van der Waals surface area contributed by atoms with Crippen LogP contribution in [0.4, 0.5) is 0 Å². The number of methoxy groups -OCH3 is 1. The van der Waals surface area contributed by atoms with Crippen LogP contribution in [0.15, 0.2) is 47.0 Å². The Hall–Kier alpha value is -2.86. The van der Waals surface area contributed by atoms with Crippen LogP contribution in [-0.2, 0) is 0 Å². The molecule has 0 unspecified atom stereocenters. The molecule has 3 heterocycles. The number of rotatable bonds is 3. The SMILES string of the molecule is COc1ccccc1-c1nnc(-c2c(C)nc3ccc(Cl)cn23)o1. The van der Waals surface area contributed by atoms with E-state index in [9.17, 15) is 0 Å². The molecule has 0 saturated carbocycles. The zero-order valence-electron chi connectivity index (χ0n) is 13.0. The number of nitrogens with zero attached hydrogens (tertiary/aromatic N) is 4. The van der Waals surface area contributed by atoms with Crippen molar-refractivity contribution in [2.45, 2.75) is 6.92 Å². The summed E-state index contributed by atoms with van der Waals surface area (Å²) in [6.07, 6.45) is 1.78. The topological polar surface area (TPSA) is 65.5 Å². The molecule has 0 radical (unpaired) electrons. The van der Waals surface area contributed by atoms with Crippen LogP contribution in [0.3, 0.4) is 0 Å². The van der Waals surface area contributed by atoms with Gasteiger partial charge >= 0.3 is 0 Å². The average molecular weight is 341 g/mol. The van der Waals surface area contributed by atoms with Crippen LogP contribution < -0.4 is 4.74 Å².